The molecule has 2 heterocycles. The highest BCUT2D eigenvalue weighted by molar-refractivity contribution is 5.21. The molecule has 2 fully saturated rings. The molecular formula is C24H40N2O. The second-order valence-electron chi connectivity index (χ2n) is 10.6. The van der Waals surface area contributed by atoms with Crippen molar-refractivity contribution in [3.05, 3.63) is 35.9 Å². The fraction of sp³-hybridized carbons (Fsp3) is 0.750. The number of piperidine rings is 1. The third-order valence-electron chi connectivity index (χ3n) is 6.23. The summed E-state index contributed by atoms with van der Waals surface area (Å²) in [6.45, 7) is 16.7. The Bertz CT molecular complexity index is 587. The molecule has 2 aliphatic heterocycles. The molecule has 4 unspecified atom stereocenters. The van der Waals surface area contributed by atoms with E-state index in [4.69, 9.17) is 4.74 Å². The number of hydrogen-bond acceptors (Lipinski definition) is 3. The van der Waals surface area contributed by atoms with Crippen LogP contribution in [-0.4, -0.2) is 47.8 Å². The summed E-state index contributed by atoms with van der Waals surface area (Å²) in [4.78, 5) is 2.78. The van der Waals surface area contributed by atoms with Crippen molar-refractivity contribution >= 4 is 0 Å². The largest absolute Gasteiger partial charge is 0.376 e. The van der Waals surface area contributed by atoms with Crippen molar-refractivity contribution in [2.45, 2.75) is 89.9 Å². The van der Waals surface area contributed by atoms with Gasteiger partial charge in [-0.25, -0.2) is 0 Å². The SMILES string of the molecule is CC(C)(C)OCC1CNC(C2CCC(c3ccccc3)CN2C(C)(C)C)C1. The molecule has 0 saturated carbocycles. The van der Waals surface area contributed by atoms with Crippen LogP contribution in [0.1, 0.15) is 72.3 Å². The van der Waals surface area contributed by atoms with Crippen molar-refractivity contribution < 1.29 is 4.74 Å². The maximum atomic E-state index is 6.06. The van der Waals surface area contributed by atoms with Crippen molar-refractivity contribution in [2.24, 2.45) is 5.92 Å². The Morgan fingerprint density at radius 1 is 1.04 bits per heavy atom. The molecule has 3 heteroatoms. The van der Waals surface area contributed by atoms with Gasteiger partial charge in [0.25, 0.3) is 0 Å². The molecule has 4 atom stereocenters. The molecule has 3 rings (SSSR count). The maximum absolute atomic E-state index is 6.06. The van der Waals surface area contributed by atoms with Crippen LogP contribution in [0.4, 0.5) is 0 Å². The predicted molar refractivity (Wildman–Crippen MR) is 114 cm³/mol. The summed E-state index contributed by atoms with van der Waals surface area (Å²) in [6, 6.07) is 12.3. The van der Waals surface area contributed by atoms with Crippen LogP contribution >= 0.6 is 0 Å². The van der Waals surface area contributed by atoms with Crippen LogP contribution in [0.5, 0.6) is 0 Å². The zero-order valence-corrected chi connectivity index (χ0v) is 18.3. The van der Waals surface area contributed by atoms with Gasteiger partial charge in [-0.1, -0.05) is 30.3 Å². The van der Waals surface area contributed by atoms with Gasteiger partial charge in [-0.2, -0.15) is 0 Å². The molecule has 0 aromatic heterocycles. The lowest BCUT2D eigenvalue weighted by molar-refractivity contribution is -0.0209. The van der Waals surface area contributed by atoms with Crippen molar-refractivity contribution in [3.8, 4) is 0 Å². The van der Waals surface area contributed by atoms with E-state index in [9.17, 15) is 0 Å². The molecular weight excluding hydrogens is 332 g/mol. The Hall–Kier alpha value is -0.900. The van der Waals surface area contributed by atoms with Crippen LogP contribution in [-0.2, 0) is 4.74 Å². The van der Waals surface area contributed by atoms with Crippen LogP contribution < -0.4 is 5.32 Å². The smallest absolute Gasteiger partial charge is 0.0598 e. The van der Waals surface area contributed by atoms with Crippen LogP contribution in [0.2, 0.25) is 0 Å². The van der Waals surface area contributed by atoms with E-state index in [1.807, 2.05) is 0 Å². The van der Waals surface area contributed by atoms with Gasteiger partial charge in [-0.05, 0) is 78.2 Å². The molecule has 1 N–H and O–H groups in total. The second kappa shape index (κ2) is 8.23. The summed E-state index contributed by atoms with van der Waals surface area (Å²) in [5.41, 5.74) is 1.66. The maximum Gasteiger partial charge on any atom is 0.0598 e. The number of rotatable bonds is 4. The average molecular weight is 373 g/mol. The van der Waals surface area contributed by atoms with Crippen molar-refractivity contribution in [2.75, 3.05) is 19.7 Å². The molecule has 0 amide bonds. The first-order valence-electron chi connectivity index (χ1n) is 10.8. The lowest BCUT2D eigenvalue weighted by Gasteiger charge is -2.49. The second-order valence-corrected chi connectivity index (χ2v) is 10.6. The number of ether oxygens (including phenoxy) is 1. The number of nitrogens with one attached hydrogen (secondary N) is 1. The Morgan fingerprint density at radius 3 is 2.37 bits per heavy atom. The van der Waals surface area contributed by atoms with E-state index in [1.54, 1.807) is 0 Å². The van der Waals surface area contributed by atoms with E-state index in [2.05, 4.69) is 82.1 Å². The Balaban J connectivity index is 1.65. The van der Waals surface area contributed by atoms with Crippen LogP contribution in [0.3, 0.4) is 0 Å². The highest BCUT2D eigenvalue weighted by Crippen LogP contribution is 2.37. The molecule has 2 saturated heterocycles. The van der Waals surface area contributed by atoms with E-state index in [0.717, 1.165) is 13.2 Å². The summed E-state index contributed by atoms with van der Waals surface area (Å²) in [6.07, 6.45) is 3.81. The van der Waals surface area contributed by atoms with Gasteiger partial charge < -0.3 is 10.1 Å². The lowest BCUT2D eigenvalue weighted by atomic mass is 9.81. The average Bonchev–Trinajstić information content (AvgIpc) is 3.08. The van der Waals surface area contributed by atoms with Crippen molar-refractivity contribution in [1.29, 1.82) is 0 Å². The van der Waals surface area contributed by atoms with Gasteiger partial charge in [-0.15, -0.1) is 0 Å². The van der Waals surface area contributed by atoms with Gasteiger partial charge in [0.15, 0.2) is 0 Å². The molecule has 3 nitrogen and oxygen atoms in total. The minimum Gasteiger partial charge on any atom is -0.376 e. The van der Waals surface area contributed by atoms with Crippen LogP contribution in [0.15, 0.2) is 30.3 Å². The molecule has 2 aliphatic rings. The van der Waals surface area contributed by atoms with E-state index < -0.39 is 0 Å². The predicted octanol–water partition coefficient (Wildman–Crippen LogP) is 4.83. The molecule has 1 aromatic rings. The molecule has 152 valence electrons. The monoisotopic (exact) mass is 372 g/mol. The third kappa shape index (κ3) is 5.56. The first-order valence-corrected chi connectivity index (χ1v) is 10.8. The normalized spacial score (nSPS) is 30.6. The summed E-state index contributed by atoms with van der Waals surface area (Å²) in [5, 5.41) is 3.85. The fourth-order valence-corrected chi connectivity index (χ4v) is 4.81. The topological polar surface area (TPSA) is 24.5 Å². The Kier molecular flexibility index (Phi) is 6.34. The highest BCUT2D eigenvalue weighted by atomic mass is 16.5. The third-order valence-corrected chi connectivity index (χ3v) is 6.23. The minimum atomic E-state index is -0.0384. The first-order chi connectivity index (χ1) is 12.6. The summed E-state index contributed by atoms with van der Waals surface area (Å²) < 4.78 is 6.06. The zero-order chi connectivity index (χ0) is 19.7. The quantitative estimate of drug-likeness (QED) is 0.819. The summed E-state index contributed by atoms with van der Waals surface area (Å²) in [7, 11) is 0. The minimum absolute atomic E-state index is 0.0384. The number of nitrogens with zero attached hydrogens (tertiary/aromatic N) is 1. The molecule has 0 spiro atoms. The van der Waals surface area contributed by atoms with E-state index >= 15 is 0 Å². The van der Waals surface area contributed by atoms with Gasteiger partial charge in [-0.3, -0.25) is 4.90 Å². The lowest BCUT2D eigenvalue weighted by Crippen LogP contribution is -2.58. The summed E-state index contributed by atoms with van der Waals surface area (Å²) >= 11 is 0. The summed E-state index contributed by atoms with van der Waals surface area (Å²) in [5.74, 6) is 1.30. The number of likely N-dealkylation sites (tertiary alicyclic amines) is 1. The van der Waals surface area contributed by atoms with Crippen LogP contribution in [0, 0.1) is 5.92 Å². The highest BCUT2D eigenvalue weighted by Gasteiger charge is 2.41. The standard InChI is InChI=1S/C24H40N2O/c1-23(2,3)26-16-20(19-10-8-7-9-11-19)12-13-22(26)21-14-18(15-25-21)17-27-24(4,5)6/h7-11,18,20-22,25H,12-17H2,1-6H3. The van der Waals surface area contributed by atoms with Gasteiger partial charge in [0.1, 0.15) is 0 Å². The van der Waals surface area contributed by atoms with Crippen LogP contribution in [0.25, 0.3) is 0 Å². The van der Waals surface area contributed by atoms with E-state index in [-0.39, 0.29) is 11.1 Å². The number of hydrogen-bond donors (Lipinski definition) is 1. The zero-order valence-electron chi connectivity index (χ0n) is 18.3. The molecule has 0 radical (unpaired) electrons. The Labute approximate surface area is 166 Å². The van der Waals surface area contributed by atoms with Crippen molar-refractivity contribution in [1.82, 2.24) is 10.2 Å². The van der Waals surface area contributed by atoms with Gasteiger partial charge in [0.05, 0.1) is 12.2 Å². The fourth-order valence-electron chi connectivity index (χ4n) is 4.81. The molecule has 1 aromatic carbocycles. The van der Waals surface area contributed by atoms with E-state index in [0.29, 0.717) is 23.9 Å². The van der Waals surface area contributed by atoms with Gasteiger partial charge in [0.2, 0.25) is 0 Å². The molecule has 0 bridgehead atoms. The van der Waals surface area contributed by atoms with Crippen molar-refractivity contribution in [3.63, 3.8) is 0 Å². The molecule has 27 heavy (non-hydrogen) atoms. The number of benzene rings is 1. The van der Waals surface area contributed by atoms with Gasteiger partial charge >= 0.3 is 0 Å². The molecule has 0 aliphatic carbocycles. The van der Waals surface area contributed by atoms with E-state index in [1.165, 1.54) is 31.4 Å². The Morgan fingerprint density at radius 2 is 1.74 bits per heavy atom. The van der Waals surface area contributed by atoms with Gasteiger partial charge in [0, 0.05) is 30.7 Å². The first kappa shape index (κ1) is 20.8.